The van der Waals surface area contributed by atoms with Crippen LogP contribution >= 0.6 is 15.9 Å². The van der Waals surface area contributed by atoms with Gasteiger partial charge >= 0.3 is 0 Å². The van der Waals surface area contributed by atoms with Crippen LogP contribution in [-0.4, -0.2) is 17.4 Å². The SMILES string of the molecule is CC(=O)c1ccc2nc(Oc3ccc(OCC4CCCCC4)c(Br)c3)ccc2c1. The van der Waals surface area contributed by atoms with Crippen LogP contribution in [0.5, 0.6) is 17.4 Å². The Labute approximate surface area is 179 Å². The number of hydrogen-bond acceptors (Lipinski definition) is 4. The molecule has 1 aliphatic rings. The van der Waals surface area contributed by atoms with Crippen LogP contribution in [0.25, 0.3) is 10.9 Å². The molecule has 0 saturated heterocycles. The van der Waals surface area contributed by atoms with E-state index in [2.05, 4.69) is 20.9 Å². The fourth-order valence-electron chi connectivity index (χ4n) is 3.73. The van der Waals surface area contributed by atoms with Crippen molar-refractivity contribution in [1.82, 2.24) is 4.98 Å². The monoisotopic (exact) mass is 453 g/mol. The molecule has 0 unspecified atom stereocenters. The molecule has 5 heteroatoms. The van der Waals surface area contributed by atoms with E-state index < -0.39 is 0 Å². The first-order valence-electron chi connectivity index (χ1n) is 10.1. The molecule has 0 amide bonds. The van der Waals surface area contributed by atoms with E-state index in [0.717, 1.165) is 27.7 Å². The number of ether oxygens (including phenoxy) is 2. The molecule has 0 bridgehead atoms. The lowest BCUT2D eigenvalue weighted by Crippen LogP contribution is -2.15. The second-order valence-corrected chi connectivity index (χ2v) is 8.48. The molecule has 0 spiro atoms. The number of Topliss-reactive ketones (excluding diaryl/α,β-unsaturated/α-hetero) is 1. The Hall–Kier alpha value is -2.40. The van der Waals surface area contributed by atoms with Crippen molar-refractivity contribution >= 4 is 32.6 Å². The molecular weight excluding hydrogens is 430 g/mol. The minimum atomic E-state index is 0.0443. The largest absolute Gasteiger partial charge is 0.492 e. The predicted molar refractivity (Wildman–Crippen MR) is 118 cm³/mol. The van der Waals surface area contributed by atoms with Gasteiger partial charge < -0.3 is 9.47 Å². The molecule has 1 heterocycles. The number of carbonyl (C=O) groups excluding carboxylic acids is 1. The Morgan fingerprint density at radius 1 is 1.07 bits per heavy atom. The van der Waals surface area contributed by atoms with E-state index in [0.29, 0.717) is 23.1 Å². The summed E-state index contributed by atoms with van der Waals surface area (Å²) in [6, 6.07) is 14.9. The van der Waals surface area contributed by atoms with Crippen molar-refractivity contribution in [2.24, 2.45) is 5.92 Å². The Balaban J connectivity index is 1.44. The second kappa shape index (κ2) is 8.95. The van der Waals surface area contributed by atoms with E-state index in [4.69, 9.17) is 9.47 Å². The molecule has 4 rings (SSSR count). The number of aromatic nitrogens is 1. The normalized spacial score (nSPS) is 14.7. The molecule has 2 aromatic carbocycles. The van der Waals surface area contributed by atoms with E-state index >= 15 is 0 Å². The maximum Gasteiger partial charge on any atom is 0.219 e. The highest BCUT2D eigenvalue weighted by molar-refractivity contribution is 9.10. The van der Waals surface area contributed by atoms with Gasteiger partial charge in [-0.3, -0.25) is 4.79 Å². The average Bonchev–Trinajstić information content (AvgIpc) is 2.73. The number of halogens is 1. The Bertz CT molecular complexity index is 1030. The summed E-state index contributed by atoms with van der Waals surface area (Å²) in [4.78, 5) is 16.1. The van der Waals surface area contributed by atoms with Gasteiger partial charge in [0, 0.05) is 17.0 Å². The molecule has 1 aromatic heterocycles. The summed E-state index contributed by atoms with van der Waals surface area (Å²) in [5.74, 6) is 2.75. The molecule has 4 nitrogen and oxygen atoms in total. The number of carbonyl (C=O) groups is 1. The number of fused-ring (bicyclic) bond motifs is 1. The summed E-state index contributed by atoms with van der Waals surface area (Å²) < 4.78 is 12.8. The zero-order valence-corrected chi connectivity index (χ0v) is 18.1. The molecule has 29 heavy (non-hydrogen) atoms. The van der Waals surface area contributed by atoms with E-state index in [1.165, 1.54) is 32.1 Å². The predicted octanol–water partition coefficient (Wildman–Crippen LogP) is 6.95. The van der Waals surface area contributed by atoms with Crippen molar-refractivity contribution < 1.29 is 14.3 Å². The lowest BCUT2D eigenvalue weighted by molar-refractivity contribution is 0.101. The van der Waals surface area contributed by atoms with Gasteiger partial charge in [0.25, 0.3) is 0 Å². The fraction of sp³-hybridized carbons (Fsp3) is 0.333. The molecule has 0 N–H and O–H groups in total. The van der Waals surface area contributed by atoms with Gasteiger partial charge in [0.2, 0.25) is 5.88 Å². The second-order valence-electron chi connectivity index (χ2n) is 7.62. The summed E-state index contributed by atoms with van der Waals surface area (Å²) >= 11 is 3.59. The lowest BCUT2D eigenvalue weighted by atomic mass is 9.90. The fourth-order valence-corrected chi connectivity index (χ4v) is 4.20. The Morgan fingerprint density at radius 3 is 2.66 bits per heavy atom. The number of pyridine rings is 1. The summed E-state index contributed by atoms with van der Waals surface area (Å²) in [5, 5.41) is 0.915. The minimum Gasteiger partial charge on any atom is -0.492 e. The minimum absolute atomic E-state index is 0.0443. The van der Waals surface area contributed by atoms with Crippen molar-refractivity contribution in [2.45, 2.75) is 39.0 Å². The van der Waals surface area contributed by atoms with Gasteiger partial charge in [-0.25, -0.2) is 4.98 Å². The van der Waals surface area contributed by atoms with E-state index in [1.807, 2.05) is 42.5 Å². The van der Waals surface area contributed by atoms with Crippen molar-refractivity contribution in [1.29, 1.82) is 0 Å². The summed E-state index contributed by atoms with van der Waals surface area (Å²) in [5.41, 5.74) is 1.47. The van der Waals surface area contributed by atoms with E-state index in [-0.39, 0.29) is 5.78 Å². The molecule has 150 valence electrons. The van der Waals surface area contributed by atoms with Crippen LogP contribution < -0.4 is 9.47 Å². The van der Waals surface area contributed by atoms with Crippen LogP contribution in [-0.2, 0) is 0 Å². The molecule has 0 aliphatic heterocycles. The number of hydrogen-bond donors (Lipinski definition) is 0. The van der Waals surface area contributed by atoms with Crippen LogP contribution in [0.4, 0.5) is 0 Å². The van der Waals surface area contributed by atoms with Crippen LogP contribution in [0.15, 0.2) is 53.0 Å². The lowest BCUT2D eigenvalue weighted by Gasteiger charge is -2.22. The number of nitrogens with zero attached hydrogens (tertiary/aromatic N) is 1. The maximum atomic E-state index is 11.5. The van der Waals surface area contributed by atoms with Crippen LogP contribution in [0.2, 0.25) is 0 Å². The standard InChI is InChI=1S/C24H24BrNO3/c1-16(27)18-7-10-22-19(13-18)8-12-24(26-22)29-20-9-11-23(21(25)14-20)28-15-17-5-3-2-4-6-17/h7-14,17H,2-6,15H2,1H3. The average molecular weight is 454 g/mol. The van der Waals surface area contributed by atoms with Crippen molar-refractivity contribution in [3.8, 4) is 17.4 Å². The van der Waals surface area contributed by atoms with Gasteiger partial charge in [-0.05, 0) is 84.1 Å². The highest BCUT2D eigenvalue weighted by atomic mass is 79.9. The topological polar surface area (TPSA) is 48.4 Å². The molecule has 1 fully saturated rings. The third-order valence-electron chi connectivity index (χ3n) is 5.40. The first-order valence-corrected chi connectivity index (χ1v) is 10.9. The van der Waals surface area contributed by atoms with Crippen LogP contribution in [0, 0.1) is 5.92 Å². The first-order chi connectivity index (χ1) is 14.1. The zero-order valence-electron chi connectivity index (χ0n) is 16.5. The first kappa shape index (κ1) is 19.9. The molecule has 1 aliphatic carbocycles. The maximum absolute atomic E-state index is 11.5. The van der Waals surface area contributed by atoms with E-state index in [1.54, 1.807) is 13.0 Å². The van der Waals surface area contributed by atoms with Gasteiger partial charge in [0.15, 0.2) is 5.78 Å². The highest BCUT2D eigenvalue weighted by Crippen LogP contribution is 2.33. The van der Waals surface area contributed by atoms with Crippen LogP contribution in [0.1, 0.15) is 49.4 Å². The summed E-state index contributed by atoms with van der Waals surface area (Å²) in [7, 11) is 0. The Morgan fingerprint density at radius 2 is 1.90 bits per heavy atom. The number of rotatable bonds is 6. The molecule has 0 atom stereocenters. The van der Waals surface area contributed by atoms with Crippen molar-refractivity contribution in [3.63, 3.8) is 0 Å². The third kappa shape index (κ3) is 4.96. The zero-order chi connectivity index (χ0) is 20.2. The van der Waals surface area contributed by atoms with Crippen LogP contribution in [0.3, 0.4) is 0 Å². The molecule has 3 aromatic rings. The van der Waals surface area contributed by atoms with Gasteiger partial charge in [-0.15, -0.1) is 0 Å². The van der Waals surface area contributed by atoms with E-state index in [9.17, 15) is 4.79 Å². The quantitative estimate of drug-likeness (QED) is 0.378. The summed E-state index contributed by atoms with van der Waals surface area (Å²) in [6.45, 7) is 2.33. The molecule has 0 radical (unpaired) electrons. The summed E-state index contributed by atoms with van der Waals surface area (Å²) in [6.07, 6.45) is 6.52. The highest BCUT2D eigenvalue weighted by Gasteiger charge is 2.15. The van der Waals surface area contributed by atoms with Crippen molar-refractivity contribution in [2.75, 3.05) is 6.61 Å². The van der Waals surface area contributed by atoms with Gasteiger partial charge in [-0.1, -0.05) is 19.3 Å². The van der Waals surface area contributed by atoms with Crippen molar-refractivity contribution in [3.05, 3.63) is 58.6 Å². The molecule has 1 saturated carbocycles. The number of ketones is 1. The third-order valence-corrected chi connectivity index (χ3v) is 6.01. The van der Waals surface area contributed by atoms with Gasteiger partial charge in [0.1, 0.15) is 11.5 Å². The smallest absolute Gasteiger partial charge is 0.219 e. The Kier molecular flexibility index (Phi) is 6.14. The molecular formula is C24H24BrNO3. The van der Waals surface area contributed by atoms with Gasteiger partial charge in [-0.2, -0.15) is 0 Å². The van der Waals surface area contributed by atoms with Gasteiger partial charge in [0.05, 0.1) is 16.6 Å². The number of benzene rings is 2.